The molecule has 0 aliphatic heterocycles. The molecule has 1 rings (SSSR count). The van der Waals surface area contributed by atoms with Crippen molar-refractivity contribution in [3.63, 3.8) is 0 Å². The Labute approximate surface area is 92.2 Å². The second-order valence-electron chi connectivity index (χ2n) is 3.17. The van der Waals surface area contributed by atoms with E-state index in [9.17, 15) is 14.9 Å². The van der Waals surface area contributed by atoms with Crippen LogP contribution in [0.3, 0.4) is 0 Å². The molecule has 16 heavy (non-hydrogen) atoms. The molecule has 0 atom stereocenters. The predicted molar refractivity (Wildman–Crippen MR) is 59.0 cm³/mol. The van der Waals surface area contributed by atoms with Gasteiger partial charge in [0, 0.05) is 18.2 Å². The summed E-state index contributed by atoms with van der Waals surface area (Å²) in [5, 5.41) is 19.2. The van der Waals surface area contributed by atoms with Crippen LogP contribution >= 0.6 is 0 Å². The molecular formula is C11H11NO4. The minimum atomic E-state index is -1.05. The number of benzene rings is 1. The molecule has 0 amide bonds. The van der Waals surface area contributed by atoms with Crippen molar-refractivity contribution < 1.29 is 14.8 Å². The maximum Gasteiger partial charge on any atom is 0.328 e. The Morgan fingerprint density at radius 2 is 2.25 bits per heavy atom. The van der Waals surface area contributed by atoms with E-state index < -0.39 is 10.9 Å². The van der Waals surface area contributed by atoms with Gasteiger partial charge >= 0.3 is 5.97 Å². The van der Waals surface area contributed by atoms with Gasteiger partial charge in [-0.2, -0.15) is 0 Å². The largest absolute Gasteiger partial charge is 0.478 e. The van der Waals surface area contributed by atoms with Crippen molar-refractivity contribution in [3.8, 4) is 0 Å². The van der Waals surface area contributed by atoms with Crippen LogP contribution in [0.25, 0.3) is 5.57 Å². The first kappa shape index (κ1) is 11.9. The van der Waals surface area contributed by atoms with Gasteiger partial charge in [0.1, 0.15) is 0 Å². The van der Waals surface area contributed by atoms with Gasteiger partial charge in [0.2, 0.25) is 0 Å². The summed E-state index contributed by atoms with van der Waals surface area (Å²) in [6.07, 6.45) is 1.58. The number of carbonyl (C=O) groups is 1. The highest BCUT2D eigenvalue weighted by Gasteiger charge is 2.08. The summed E-state index contributed by atoms with van der Waals surface area (Å²) in [5.74, 6) is -1.05. The first-order chi connectivity index (χ1) is 7.54. The summed E-state index contributed by atoms with van der Waals surface area (Å²) >= 11 is 0. The SMILES string of the molecule is CC/C(=C\C(=O)O)c1cccc([N+](=O)[O-])c1. The molecule has 0 aliphatic rings. The van der Waals surface area contributed by atoms with E-state index in [-0.39, 0.29) is 5.69 Å². The number of carboxylic acids is 1. The first-order valence-corrected chi connectivity index (χ1v) is 4.73. The van der Waals surface area contributed by atoms with E-state index in [1.165, 1.54) is 12.1 Å². The van der Waals surface area contributed by atoms with Crippen molar-refractivity contribution in [1.82, 2.24) is 0 Å². The number of nitro groups is 1. The van der Waals surface area contributed by atoms with Crippen molar-refractivity contribution in [2.24, 2.45) is 0 Å². The van der Waals surface area contributed by atoms with Crippen molar-refractivity contribution in [1.29, 1.82) is 0 Å². The number of hydrogen-bond acceptors (Lipinski definition) is 3. The molecule has 5 heteroatoms. The van der Waals surface area contributed by atoms with Gasteiger partial charge in [0.15, 0.2) is 0 Å². The van der Waals surface area contributed by atoms with Crippen molar-refractivity contribution in [3.05, 3.63) is 46.0 Å². The van der Waals surface area contributed by atoms with Crippen molar-refractivity contribution in [2.45, 2.75) is 13.3 Å². The topological polar surface area (TPSA) is 80.4 Å². The average molecular weight is 221 g/mol. The summed E-state index contributed by atoms with van der Waals surface area (Å²) in [6.45, 7) is 1.80. The molecule has 0 aromatic heterocycles. The molecule has 1 N–H and O–H groups in total. The molecule has 0 fully saturated rings. The van der Waals surface area contributed by atoms with E-state index in [0.717, 1.165) is 6.08 Å². The van der Waals surface area contributed by atoms with Crippen LogP contribution < -0.4 is 0 Å². The molecule has 0 saturated carbocycles. The minimum Gasteiger partial charge on any atom is -0.478 e. The highest BCUT2D eigenvalue weighted by molar-refractivity contribution is 5.90. The highest BCUT2D eigenvalue weighted by Crippen LogP contribution is 2.22. The number of nitro benzene ring substituents is 1. The number of nitrogens with zero attached hydrogens (tertiary/aromatic N) is 1. The molecule has 0 aliphatic carbocycles. The number of hydrogen-bond donors (Lipinski definition) is 1. The van der Waals surface area contributed by atoms with Crippen LogP contribution in [0.1, 0.15) is 18.9 Å². The fourth-order valence-electron chi connectivity index (χ4n) is 1.36. The summed E-state index contributed by atoms with van der Waals surface area (Å²) in [5.41, 5.74) is 1.09. The summed E-state index contributed by atoms with van der Waals surface area (Å²) in [6, 6.07) is 5.94. The second-order valence-corrected chi connectivity index (χ2v) is 3.17. The first-order valence-electron chi connectivity index (χ1n) is 4.73. The fourth-order valence-corrected chi connectivity index (χ4v) is 1.36. The zero-order valence-corrected chi connectivity index (χ0v) is 8.71. The van der Waals surface area contributed by atoms with Crippen molar-refractivity contribution >= 4 is 17.2 Å². The lowest BCUT2D eigenvalue weighted by atomic mass is 10.0. The van der Waals surface area contributed by atoms with E-state index in [2.05, 4.69) is 0 Å². The Morgan fingerprint density at radius 1 is 1.56 bits per heavy atom. The summed E-state index contributed by atoms with van der Waals surface area (Å²) in [4.78, 5) is 20.6. The number of carboxylic acid groups (broad SMARTS) is 1. The molecule has 0 unspecified atom stereocenters. The van der Waals surface area contributed by atoms with Gasteiger partial charge in [0.25, 0.3) is 5.69 Å². The Balaban J connectivity index is 3.16. The molecule has 0 spiro atoms. The van der Waals surface area contributed by atoms with Crippen LogP contribution in [0.4, 0.5) is 5.69 Å². The monoisotopic (exact) mass is 221 g/mol. The van der Waals surface area contributed by atoms with Gasteiger partial charge in [-0.15, -0.1) is 0 Å². The normalized spacial score (nSPS) is 11.2. The molecule has 0 radical (unpaired) electrons. The zero-order valence-electron chi connectivity index (χ0n) is 8.71. The van der Waals surface area contributed by atoms with Crippen LogP contribution in [-0.2, 0) is 4.79 Å². The zero-order chi connectivity index (χ0) is 12.1. The van der Waals surface area contributed by atoms with Crippen molar-refractivity contribution in [2.75, 3.05) is 0 Å². The van der Waals surface area contributed by atoms with E-state index in [0.29, 0.717) is 17.6 Å². The third kappa shape index (κ3) is 2.91. The molecule has 0 saturated heterocycles. The van der Waals surface area contributed by atoms with Crippen LogP contribution in [0, 0.1) is 10.1 Å². The lowest BCUT2D eigenvalue weighted by Crippen LogP contribution is -1.93. The Morgan fingerprint density at radius 3 is 2.75 bits per heavy atom. The molecule has 0 bridgehead atoms. The molecule has 0 heterocycles. The maximum absolute atomic E-state index is 10.6. The molecule has 84 valence electrons. The van der Waals surface area contributed by atoms with Gasteiger partial charge in [-0.3, -0.25) is 10.1 Å². The number of rotatable bonds is 4. The average Bonchev–Trinajstić information content (AvgIpc) is 2.25. The van der Waals surface area contributed by atoms with E-state index in [1.807, 2.05) is 0 Å². The second kappa shape index (κ2) is 5.06. The van der Waals surface area contributed by atoms with Crippen LogP contribution in [0.2, 0.25) is 0 Å². The number of aliphatic carboxylic acids is 1. The Hall–Kier alpha value is -2.17. The quantitative estimate of drug-likeness (QED) is 0.481. The van der Waals surface area contributed by atoms with E-state index >= 15 is 0 Å². The fraction of sp³-hybridized carbons (Fsp3) is 0.182. The number of non-ortho nitro benzene ring substituents is 1. The summed E-state index contributed by atoms with van der Waals surface area (Å²) < 4.78 is 0. The van der Waals surface area contributed by atoms with E-state index in [4.69, 9.17) is 5.11 Å². The molecule has 5 nitrogen and oxygen atoms in total. The maximum atomic E-state index is 10.6. The Bertz CT molecular complexity index is 451. The van der Waals surface area contributed by atoms with Gasteiger partial charge < -0.3 is 5.11 Å². The van der Waals surface area contributed by atoms with Gasteiger partial charge in [-0.25, -0.2) is 4.79 Å². The van der Waals surface area contributed by atoms with Gasteiger partial charge in [-0.05, 0) is 17.6 Å². The van der Waals surface area contributed by atoms with Crippen LogP contribution in [-0.4, -0.2) is 16.0 Å². The lowest BCUT2D eigenvalue weighted by molar-refractivity contribution is -0.384. The Kier molecular flexibility index (Phi) is 3.77. The molecule has 1 aromatic carbocycles. The van der Waals surface area contributed by atoms with Gasteiger partial charge in [0.05, 0.1) is 4.92 Å². The lowest BCUT2D eigenvalue weighted by Gasteiger charge is -2.03. The number of allylic oxidation sites excluding steroid dienone is 1. The van der Waals surface area contributed by atoms with Gasteiger partial charge in [-0.1, -0.05) is 19.1 Å². The third-order valence-corrected chi connectivity index (χ3v) is 2.11. The van der Waals surface area contributed by atoms with Crippen LogP contribution in [0.15, 0.2) is 30.3 Å². The van der Waals surface area contributed by atoms with E-state index in [1.54, 1.807) is 19.1 Å². The molecular weight excluding hydrogens is 210 g/mol. The van der Waals surface area contributed by atoms with Crippen LogP contribution in [0.5, 0.6) is 0 Å². The smallest absolute Gasteiger partial charge is 0.328 e. The highest BCUT2D eigenvalue weighted by atomic mass is 16.6. The minimum absolute atomic E-state index is 0.0396. The summed E-state index contributed by atoms with van der Waals surface area (Å²) in [7, 11) is 0. The standard InChI is InChI=1S/C11H11NO4/c1-2-8(7-11(13)14)9-4-3-5-10(6-9)12(15)16/h3-7H,2H2,1H3,(H,13,14)/b8-7+. The predicted octanol–water partition coefficient (Wildman–Crippen LogP) is 2.47. The third-order valence-electron chi connectivity index (χ3n) is 2.11. The molecule has 1 aromatic rings.